The van der Waals surface area contributed by atoms with Crippen molar-refractivity contribution in [1.29, 1.82) is 0 Å². The van der Waals surface area contributed by atoms with Crippen LogP contribution in [0.2, 0.25) is 0 Å². The molecule has 2 aliphatic rings. The normalized spacial score (nSPS) is 28.9. The fraction of sp³-hybridized carbons (Fsp3) is 0.929. The van der Waals surface area contributed by atoms with Gasteiger partial charge in [-0.1, -0.05) is 13.3 Å². The van der Waals surface area contributed by atoms with Crippen molar-refractivity contribution in [1.82, 2.24) is 10.2 Å². The van der Waals surface area contributed by atoms with E-state index in [1.165, 1.54) is 25.7 Å². The number of hydrogen-bond donors (Lipinski definition) is 1. The molecule has 0 aromatic carbocycles. The summed E-state index contributed by atoms with van der Waals surface area (Å²) >= 11 is 0. The highest BCUT2D eigenvalue weighted by molar-refractivity contribution is 5.67. The minimum absolute atomic E-state index is 0.153. The zero-order valence-corrected chi connectivity index (χ0v) is 11.7. The Morgan fingerprint density at radius 1 is 1.39 bits per heavy atom. The first-order valence-electron chi connectivity index (χ1n) is 7.34. The molecule has 1 N–H and O–H groups in total. The molecular weight excluding hydrogens is 228 g/mol. The van der Waals surface area contributed by atoms with E-state index in [4.69, 9.17) is 4.74 Å². The number of nitrogens with zero attached hydrogens (tertiary/aromatic N) is 1. The lowest BCUT2D eigenvalue weighted by Crippen LogP contribution is -2.52. The molecule has 1 amide bonds. The van der Waals surface area contributed by atoms with Gasteiger partial charge in [0.1, 0.15) is 0 Å². The standard InChI is InChI=1S/C14H26N2O2/c1-3-18-14(17)16-9-11(2)7-13(10-16)15-8-12-5-4-6-12/h11-13,15H,3-10H2,1-2H3. The molecule has 2 atom stereocenters. The van der Waals surface area contributed by atoms with E-state index in [0.717, 1.165) is 25.6 Å². The molecule has 1 saturated carbocycles. The largest absolute Gasteiger partial charge is 0.450 e. The molecule has 0 bridgehead atoms. The molecule has 2 unspecified atom stereocenters. The Balaban J connectivity index is 1.77. The van der Waals surface area contributed by atoms with E-state index in [0.29, 0.717) is 18.6 Å². The van der Waals surface area contributed by atoms with E-state index in [1.807, 2.05) is 11.8 Å². The van der Waals surface area contributed by atoms with Crippen LogP contribution in [0.25, 0.3) is 0 Å². The summed E-state index contributed by atoms with van der Waals surface area (Å²) in [6.45, 7) is 7.29. The van der Waals surface area contributed by atoms with Crippen LogP contribution in [0.15, 0.2) is 0 Å². The number of ether oxygens (including phenoxy) is 1. The Morgan fingerprint density at radius 3 is 2.78 bits per heavy atom. The van der Waals surface area contributed by atoms with Crippen molar-refractivity contribution in [3.8, 4) is 0 Å². The van der Waals surface area contributed by atoms with Gasteiger partial charge in [-0.05, 0) is 44.6 Å². The van der Waals surface area contributed by atoms with Gasteiger partial charge in [-0.15, -0.1) is 0 Å². The van der Waals surface area contributed by atoms with Gasteiger partial charge in [0.05, 0.1) is 6.61 Å². The van der Waals surface area contributed by atoms with Gasteiger partial charge >= 0.3 is 6.09 Å². The van der Waals surface area contributed by atoms with Gasteiger partial charge in [0.2, 0.25) is 0 Å². The van der Waals surface area contributed by atoms with Crippen molar-refractivity contribution in [2.45, 2.75) is 45.6 Å². The molecule has 104 valence electrons. The average molecular weight is 254 g/mol. The lowest BCUT2D eigenvalue weighted by Gasteiger charge is -2.37. The van der Waals surface area contributed by atoms with Crippen LogP contribution in [0.3, 0.4) is 0 Å². The summed E-state index contributed by atoms with van der Waals surface area (Å²) in [6.07, 6.45) is 5.15. The molecule has 0 radical (unpaired) electrons. The van der Waals surface area contributed by atoms with Gasteiger partial charge in [0.25, 0.3) is 0 Å². The third-order valence-corrected chi connectivity index (χ3v) is 4.11. The summed E-state index contributed by atoms with van der Waals surface area (Å²) in [5.74, 6) is 1.43. The summed E-state index contributed by atoms with van der Waals surface area (Å²) in [7, 11) is 0. The summed E-state index contributed by atoms with van der Waals surface area (Å²) in [6, 6.07) is 0.443. The predicted octanol–water partition coefficient (Wildman–Crippen LogP) is 2.24. The summed E-state index contributed by atoms with van der Waals surface area (Å²) in [5.41, 5.74) is 0. The van der Waals surface area contributed by atoms with E-state index >= 15 is 0 Å². The van der Waals surface area contributed by atoms with Crippen molar-refractivity contribution in [3.05, 3.63) is 0 Å². The van der Waals surface area contributed by atoms with E-state index in [9.17, 15) is 4.79 Å². The maximum Gasteiger partial charge on any atom is 0.409 e. The first-order valence-corrected chi connectivity index (χ1v) is 7.34. The van der Waals surface area contributed by atoms with Crippen LogP contribution in [-0.4, -0.2) is 43.3 Å². The number of nitrogens with one attached hydrogen (secondary N) is 1. The number of hydrogen-bond acceptors (Lipinski definition) is 3. The first-order chi connectivity index (χ1) is 8.69. The summed E-state index contributed by atoms with van der Waals surface area (Å²) in [4.78, 5) is 13.6. The van der Waals surface area contributed by atoms with Crippen molar-refractivity contribution in [3.63, 3.8) is 0 Å². The molecule has 1 aliphatic carbocycles. The third kappa shape index (κ3) is 3.61. The van der Waals surface area contributed by atoms with Crippen LogP contribution in [-0.2, 0) is 4.74 Å². The predicted molar refractivity (Wildman–Crippen MR) is 71.5 cm³/mol. The monoisotopic (exact) mass is 254 g/mol. The maximum atomic E-state index is 11.8. The zero-order chi connectivity index (χ0) is 13.0. The van der Waals surface area contributed by atoms with Crippen molar-refractivity contribution in [2.75, 3.05) is 26.2 Å². The average Bonchev–Trinajstić information content (AvgIpc) is 2.26. The van der Waals surface area contributed by atoms with E-state index in [2.05, 4.69) is 12.2 Å². The number of carbonyl (C=O) groups excluding carboxylic acids is 1. The molecular formula is C14H26N2O2. The van der Waals surface area contributed by atoms with Crippen molar-refractivity contribution >= 4 is 6.09 Å². The first kappa shape index (κ1) is 13.7. The Kier molecular flexibility index (Phi) is 4.87. The minimum Gasteiger partial charge on any atom is -0.450 e. The van der Waals surface area contributed by atoms with Crippen LogP contribution >= 0.6 is 0 Å². The number of likely N-dealkylation sites (tertiary alicyclic amines) is 1. The highest BCUT2D eigenvalue weighted by Gasteiger charge is 2.29. The number of amides is 1. The van der Waals surface area contributed by atoms with E-state index in [-0.39, 0.29) is 6.09 Å². The molecule has 1 heterocycles. The van der Waals surface area contributed by atoms with E-state index < -0.39 is 0 Å². The Labute approximate surface area is 110 Å². The van der Waals surface area contributed by atoms with Crippen LogP contribution in [0.1, 0.15) is 39.5 Å². The molecule has 4 heteroatoms. The van der Waals surface area contributed by atoms with Gasteiger partial charge in [-0.3, -0.25) is 0 Å². The van der Waals surface area contributed by atoms with Gasteiger partial charge in [0.15, 0.2) is 0 Å². The van der Waals surface area contributed by atoms with E-state index in [1.54, 1.807) is 0 Å². The number of carbonyl (C=O) groups is 1. The summed E-state index contributed by atoms with van der Waals surface area (Å²) in [5, 5.41) is 3.63. The van der Waals surface area contributed by atoms with Gasteiger partial charge in [0, 0.05) is 19.1 Å². The smallest absolute Gasteiger partial charge is 0.409 e. The molecule has 0 spiro atoms. The van der Waals surface area contributed by atoms with Crippen LogP contribution in [0, 0.1) is 11.8 Å². The second kappa shape index (κ2) is 6.41. The molecule has 2 rings (SSSR count). The van der Waals surface area contributed by atoms with Crippen LogP contribution < -0.4 is 5.32 Å². The quantitative estimate of drug-likeness (QED) is 0.836. The van der Waals surface area contributed by atoms with Crippen LogP contribution in [0.4, 0.5) is 4.79 Å². The van der Waals surface area contributed by atoms with Crippen molar-refractivity contribution in [2.24, 2.45) is 11.8 Å². The number of rotatable bonds is 4. The topological polar surface area (TPSA) is 41.6 Å². The highest BCUT2D eigenvalue weighted by Crippen LogP contribution is 2.26. The highest BCUT2D eigenvalue weighted by atomic mass is 16.6. The van der Waals surface area contributed by atoms with Gasteiger partial charge < -0.3 is 15.0 Å². The van der Waals surface area contributed by atoms with Crippen molar-refractivity contribution < 1.29 is 9.53 Å². The van der Waals surface area contributed by atoms with Gasteiger partial charge in [-0.2, -0.15) is 0 Å². The molecule has 1 aliphatic heterocycles. The lowest BCUT2D eigenvalue weighted by molar-refractivity contribution is 0.0801. The lowest BCUT2D eigenvalue weighted by atomic mass is 9.85. The minimum atomic E-state index is -0.153. The Bertz CT molecular complexity index is 279. The van der Waals surface area contributed by atoms with Crippen LogP contribution in [0.5, 0.6) is 0 Å². The molecule has 1 saturated heterocycles. The second-order valence-electron chi connectivity index (χ2n) is 5.85. The Morgan fingerprint density at radius 2 is 2.17 bits per heavy atom. The Hall–Kier alpha value is -0.770. The second-order valence-corrected chi connectivity index (χ2v) is 5.85. The molecule has 0 aromatic rings. The fourth-order valence-electron chi connectivity index (χ4n) is 2.89. The third-order valence-electron chi connectivity index (χ3n) is 4.11. The number of piperidine rings is 1. The maximum absolute atomic E-state index is 11.8. The molecule has 2 fully saturated rings. The zero-order valence-electron chi connectivity index (χ0n) is 11.7. The molecule has 18 heavy (non-hydrogen) atoms. The molecule has 0 aromatic heterocycles. The van der Waals surface area contributed by atoms with Gasteiger partial charge in [-0.25, -0.2) is 4.79 Å². The SMILES string of the molecule is CCOC(=O)N1CC(C)CC(NCC2CCC2)C1. The summed E-state index contributed by atoms with van der Waals surface area (Å²) < 4.78 is 5.10. The molecule has 4 nitrogen and oxygen atoms in total. The fourth-order valence-corrected chi connectivity index (χ4v) is 2.89.